The predicted octanol–water partition coefficient (Wildman–Crippen LogP) is 4.31. The standard InChI is InChI=1S/C24H21ClN4O3/c1-29-19-11-7-6-10-17(19)21(15-8-4-3-5-9-15)27-22(23(29)30)28-24(31)26-16-12-13-20(32-2)18(25)14-16/h3-14,22H,1-2H3,(H2,26,28,31)/t22-/m1/s1. The van der Waals surface area contributed by atoms with Gasteiger partial charge in [-0.1, -0.05) is 60.1 Å². The fourth-order valence-electron chi connectivity index (χ4n) is 3.48. The first-order valence-electron chi connectivity index (χ1n) is 9.89. The molecule has 0 radical (unpaired) electrons. The molecule has 1 atom stereocenters. The van der Waals surface area contributed by atoms with E-state index in [4.69, 9.17) is 16.3 Å². The Morgan fingerprint density at radius 1 is 1.06 bits per heavy atom. The number of anilines is 2. The van der Waals surface area contributed by atoms with E-state index >= 15 is 0 Å². The molecule has 32 heavy (non-hydrogen) atoms. The number of nitrogens with zero attached hydrogens (tertiary/aromatic N) is 2. The van der Waals surface area contributed by atoms with Crippen molar-refractivity contribution in [3.8, 4) is 5.75 Å². The maximum atomic E-state index is 13.1. The van der Waals surface area contributed by atoms with Crippen molar-refractivity contribution < 1.29 is 14.3 Å². The number of halogens is 1. The van der Waals surface area contributed by atoms with Crippen LogP contribution in [0, 0.1) is 0 Å². The molecule has 4 rings (SSSR count). The number of para-hydroxylation sites is 1. The highest BCUT2D eigenvalue weighted by Gasteiger charge is 2.30. The molecule has 1 aliphatic heterocycles. The molecule has 0 saturated heterocycles. The van der Waals surface area contributed by atoms with Gasteiger partial charge >= 0.3 is 6.03 Å². The lowest BCUT2D eigenvalue weighted by atomic mass is 10.0. The second kappa shape index (κ2) is 9.11. The van der Waals surface area contributed by atoms with Crippen LogP contribution in [-0.4, -0.2) is 38.0 Å². The van der Waals surface area contributed by atoms with Crippen LogP contribution in [0.1, 0.15) is 11.1 Å². The molecule has 2 N–H and O–H groups in total. The van der Waals surface area contributed by atoms with Gasteiger partial charge in [0, 0.05) is 23.9 Å². The third-order valence-corrected chi connectivity index (χ3v) is 5.36. The number of hydrogen-bond acceptors (Lipinski definition) is 4. The fraction of sp³-hybridized carbons (Fsp3) is 0.125. The van der Waals surface area contributed by atoms with Gasteiger partial charge in [-0.25, -0.2) is 9.79 Å². The van der Waals surface area contributed by atoms with E-state index in [2.05, 4.69) is 15.6 Å². The Balaban J connectivity index is 1.65. The van der Waals surface area contributed by atoms with Crippen molar-refractivity contribution in [2.75, 3.05) is 24.4 Å². The number of fused-ring (bicyclic) bond motifs is 1. The van der Waals surface area contributed by atoms with E-state index in [0.717, 1.165) is 11.1 Å². The fourth-order valence-corrected chi connectivity index (χ4v) is 3.74. The summed E-state index contributed by atoms with van der Waals surface area (Å²) in [6.07, 6.45) is -1.11. The number of aliphatic imine (C=N–C) groups is 1. The lowest BCUT2D eigenvalue weighted by Gasteiger charge is -2.21. The minimum absolute atomic E-state index is 0.355. The quantitative estimate of drug-likeness (QED) is 0.623. The third kappa shape index (κ3) is 4.29. The highest BCUT2D eigenvalue weighted by Crippen LogP contribution is 2.28. The van der Waals surface area contributed by atoms with Gasteiger partial charge in [-0.2, -0.15) is 0 Å². The highest BCUT2D eigenvalue weighted by atomic mass is 35.5. The molecule has 8 heteroatoms. The van der Waals surface area contributed by atoms with Crippen molar-refractivity contribution in [3.63, 3.8) is 0 Å². The predicted molar refractivity (Wildman–Crippen MR) is 126 cm³/mol. The van der Waals surface area contributed by atoms with E-state index < -0.39 is 12.2 Å². The smallest absolute Gasteiger partial charge is 0.321 e. The molecule has 7 nitrogen and oxygen atoms in total. The van der Waals surface area contributed by atoms with Crippen molar-refractivity contribution in [1.29, 1.82) is 0 Å². The lowest BCUT2D eigenvalue weighted by molar-refractivity contribution is -0.119. The Labute approximate surface area is 190 Å². The molecule has 1 heterocycles. The first-order chi connectivity index (χ1) is 15.5. The number of likely N-dealkylation sites (N-methyl/N-ethyl adjacent to an activating group) is 1. The summed E-state index contributed by atoms with van der Waals surface area (Å²) in [5.41, 5.74) is 3.44. The van der Waals surface area contributed by atoms with E-state index in [1.54, 1.807) is 25.2 Å². The van der Waals surface area contributed by atoms with Crippen molar-refractivity contribution in [2.24, 2.45) is 4.99 Å². The number of ether oxygens (including phenoxy) is 1. The second-order valence-corrected chi connectivity index (χ2v) is 7.52. The topological polar surface area (TPSA) is 83.0 Å². The molecule has 0 unspecified atom stereocenters. The summed E-state index contributed by atoms with van der Waals surface area (Å²) in [7, 11) is 3.18. The SMILES string of the molecule is COc1ccc(NC(=O)N[C@H]2N=C(c3ccccc3)c3ccccc3N(C)C2=O)cc1Cl. The number of benzodiazepines with no additional fused rings is 1. The van der Waals surface area contributed by atoms with E-state index in [1.165, 1.54) is 12.0 Å². The Morgan fingerprint density at radius 3 is 2.50 bits per heavy atom. The number of hydrogen-bond donors (Lipinski definition) is 2. The van der Waals surface area contributed by atoms with Crippen molar-refractivity contribution in [1.82, 2.24) is 5.32 Å². The minimum Gasteiger partial charge on any atom is -0.495 e. The number of methoxy groups -OCH3 is 1. The van der Waals surface area contributed by atoms with Gasteiger partial charge in [0.15, 0.2) is 0 Å². The van der Waals surface area contributed by atoms with E-state index in [9.17, 15) is 9.59 Å². The molecule has 0 aromatic heterocycles. The summed E-state index contributed by atoms with van der Waals surface area (Å²) >= 11 is 6.13. The van der Waals surface area contributed by atoms with Crippen LogP contribution in [0.15, 0.2) is 77.8 Å². The molecular weight excluding hydrogens is 428 g/mol. The Bertz CT molecular complexity index is 1200. The summed E-state index contributed by atoms with van der Waals surface area (Å²) in [5.74, 6) is 0.138. The molecule has 0 spiro atoms. The van der Waals surface area contributed by atoms with Gasteiger partial charge in [-0.3, -0.25) is 4.79 Å². The first kappa shape index (κ1) is 21.4. The summed E-state index contributed by atoms with van der Waals surface area (Å²) < 4.78 is 5.12. The number of amides is 3. The summed E-state index contributed by atoms with van der Waals surface area (Å²) in [6, 6.07) is 21.3. The molecule has 1 aliphatic rings. The number of carbonyl (C=O) groups excluding carboxylic acids is 2. The minimum atomic E-state index is -1.11. The zero-order chi connectivity index (χ0) is 22.7. The maximum Gasteiger partial charge on any atom is 0.321 e. The van der Waals surface area contributed by atoms with Gasteiger partial charge < -0.3 is 20.3 Å². The van der Waals surface area contributed by atoms with Crippen LogP contribution in [0.4, 0.5) is 16.2 Å². The van der Waals surface area contributed by atoms with Gasteiger partial charge in [0.1, 0.15) is 5.75 Å². The van der Waals surface area contributed by atoms with E-state index in [0.29, 0.717) is 27.9 Å². The monoisotopic (exact) mass is 448 g/mol. The lowest BCUT2D eigenvalue weighted by Crippen LogP contribution is -2.47. The number of urea groups is 1. The van der Waals surface area contributed by atoms with Crippen LogP contribution in [0.5, 0.6) is 5.75 Å². The molecule has 3 aromatic rings. The molecule has 162 valence electrons. The van der Waals surface area contributed by atoms with Crippen molar-refractivity contribution in [3.05, 3.63) is 88.9 Å². The molecule has 0 saturated carbocycles. The number of rotatable bonds is 4. The van der Waals surface area contributed by atoms with Gasteiger partial charge in [0.2, 0.25) is 6.17 Å². The molecule has 0 bridgehead atoms. The largest absolute Gasteiger partial charge is 0.495 e. The molecular formula is C24H21ClN4O3. The Morgan fingerprint density at radius 2 is 1.78 bits per heavy atom. The molecule has 3 amide bonds. The number of nitrogens with one attached hydrogen (secondary N) is 2. The van der Waals surface area contributed by atoms with Crippen molar-refractivity contribution >= 4 is 40.6 Å². The van der Waals surface area contributed by atoms with Crippen LogP contribution in [0.25, 0.3) is 0 Å². The van der Waals surface area contributed by atoms with Crippen molar-refractivity contribution in [2.45, 2.75) is 6.17 Å². The zero-order valence-electron chi connectivity index (χ0n) is 17.5. The average Bonchev–Trinajstić information content (AvgIpc) is 2.90. The molecule has 0 fully saturated rings. The summed E-state index contributed by atoms with van der Waals surface area (Å²) in [5, 5.41) is 5.71. The number of carbonyl (C=O) groups is 2. The third-order valence-electron chi connectivity index (χ3n) is 5.07. The Kier molecular flexibility index (Phi) is 6.09. The highest BCUT2D eigenvalue weighted by molar-refractivity contribution is 6.32. The number of benzene rings is 3. The van der Waals surface area contributed by atoms with E-state index in [-0.39, 0.29) is 5.91 Å². The normalized spacial score (nSPS) is 15.3. The molecule has 3 aromatic carbocycles. The van der Waals surface area contributed by atoms with E-state index in [1.807, 2.05) is 54.6 Å². The van der Waals surface area contributed by atoms with Gasteiger partial charge in [0.25, 0.3) is 5.91 Å². The second-order valence-electron chi connectivity index (χ2n) is 7.11. The zero-order valence-corrected chi connectivity index (χ0v) is 18.3. The maximum absolute atomic E-state index is 13.1. The van der Waals surface area contributed by atoms with Gasteiger partial charge in [-0.05, 0) is 24.3 Å². The Hall–Kier alpha value is -3.84. The van der Waals surface area contributed by atoms with Crippen LogP contribution >= 0.6 is 11.6 Å². The van der Waals surface area contributed by atoms with Crippen LogP contribution in [0.2, 0.25) is 5.02 Å². The van der Waals surface area contributed by atoms with Gasteiger partial charge in [-0.15, -0.1) is 0 Å². The van der Waals surface area contributed by atoms with Crippen LogP contribution in [0.3, 0.4) is 0 Å². The average molecular weight is 449 g/mol. The molecule has 0 aliphatic carbocycles. The first-order valence-corrected chi connectivity index (χ1v) is 10.3. The van der Waals surface area contributed by atoms with Gasteiger partial charge in [0.05, 0.1) is 23.5 Å². The summed E-state index contributed by atoms with van der Waals surface area (Å²) in [6.45, 7) is 0. The van der Waals surface area contributed by atoms with Crippen LogP contribution < -0.4 is 20.3 Å². The van der Waals surface area contributed by atoms with Crippen LogP contribution in [-0.2, 0) is 4.79 Å². The summed E-state index contributed by atoms with van der Waals surface area (Å²) in [4.78, 5) is 32.0.